The highest BCUT2D eigenvalue weighted by Gasteiger charge is 2.30. The average Bonchev–Trinajstić information content (AvgIpc) is 3.21. The maximum Gasteiger partial charge on any atom is 0.276 e. The molecule has 1 amide bonds. The molecule has 0 saturated carbocycles. The fourth-order valence-corrected chi connectivity index (χ4v) is 3.69. The minimum Gasteiger partial charge on any atom is -0.483 e. The Hall–Kier alpha value is -3.41. The number of ether oxygens (including phenoxy) is 1. The minimum absolute atomic E-state index is 0.00175. The topological polar surface area (TPSA) is 68.5 Å². The van der Waals surface area contributed by atoms with Crippen molar-refractivity contribution < 1.29 is 13.9 Å². The number of fused-ring (bicyclic) bond motifs is 1. The Morgan fingerprint density at radius 3 is 3.17 bits per heavy atom. The third-order valence-corrected chi connectivity index (χ3v) is 5.09. The van der Waals surface area contributed by atoms with E-state index >= 15 is 0 Å². The zero-order chi connectivity index (χ0) is 20.2. The molecule has 0 aliphatic carbocycles. The first-order chi connectivity index (χ1) is 14.2. The van der Waals surface area contributed by atoms with Gasteiger partial charge in [0.2, 0.25) is 5.89 Å². The van der Waals surface area contributed by atoms with Crippen LogP contribution >= 0.6 is 0 Å². The first-order valence-electron chi connectivity index (χ1n) is 9.67. The van der Waals surface area contributed by atoms with Gasteiger partial charge in [0.15, 0.2) is 12.3 Å². The maximum absolute atomic E-state index is 13.0. The van der Waals surface area contributed by atoms with Gasteiger partial charge in [0.1, 0.15) is 12.0 Å². The Bertz CT molecular complexity index is 1050. The van der Waals surface area contributed by atoms with Gasteiger partial charge >= 0.3 is 0 Å². The third kappa shape index (κ3) is 3.92. The highest BCUT2D eigenvalue weighted by Crippen LogP contribution is 2.26. The summed E-state index contributed by atoms with van der Waals surface area (Å²) >= 11 is 0. The van der Waals surface area contributed by atoms with Crippen LogP contribution in [0.5, 0.6) is 5.75 Å². The number of aromatic nitrogens is 2. The molecule has 1 aliphatic heterocycles. The molecule has 3 aromatic rings. The van der Waals surface area contributed by atoms with Crippen molar-refractivity contribution in [2.45, 2.75) is 38.5 Å². The molecule has 0 unspecified atom stereocenters. The summed E-state index contributed by atoms with van der Waals surface area (Å²) < 4.78 is 11.4. The van der Waals surface area contributed by atoms with Gasteiger partial charge in [0.05, 0.1) is 0 Å². The first kappa shape index (κ1) is 18.9. The van der Waals surface area contributed by atoms with Crippen molar-refractivity contribution in [3.63, 3.8) is 0 Å². The summed E-state index contributed by atoms with van der Waals surface area (Å²) in [6.07, 6.45) is 12.5. The van der Waals surface area contributed by atoms with Gasteiger partial charge in [0, 0.05) is 35.2 Å². The van der Waals surface area contributed by atoms with Crippen LogP contribution in [-0.2, 0) is 6.61 Å². The predicted octanol–water partition coefficient (Wildman–Crippen LogP) is 4.54. The molecule has 29 heavy (non-hydrogen) atoms. The van der Waals surface area contributed by atoms with Crippen LogP contribution in [0.25, 0.3) is 10.8 Å². The molecule has 0 N–H and O–H groups in total. The molecule has 6 nitrogen and oxygen atoms in total. The number of oxazole rings is 1. The quantitative estimate of drug-likeness (QED) is 0.579. The van der Waals surface area contributed by atoms with E-state index in [1.165, 1.54) is 6.26 Å². The van der Waals surface area contributed by atoms with E-state index in [2.05, 4.69) is 22.6 Å². The number of pyridine rings is 1. The Morgan fingerprint density at radius 1 is 1.41 bits per heavy atom. The highest BCUT2D eigenvalue weighted by molar-refractivity contribution is 5.92. The van der Waals surface area contributed by atoms with Crippen LogP contribution in [0.3, 0.4) is 0 Å². The summed E-state index contributed by atoms with van der Waals surface area (Å²) in [4.78, 5) is 23.4. The number of hydrogen-bond donors (Lipinski definition) is 0. The number of hydrogen-bond acceptors (Lipinski definition) is 5. The summed E-state index contributed by atoms with van der Waals surface area (Å²) in [6, 6.07) is 7.77. The van der Waals surface area contributed by atoms with Crippen LogP contribution < -0.4 is 4.74 Å². The molecule has 3 heterocycles. The molecule has 0 saturated heterocycles. The molecular weight excluding hydrogens is 366 g/mol. The van der Waals surface area contributed by atoms with E-state index in [9.17, 15) is 4.79 Å². The maximum atomic E-state index is 13.0. The van der Waals surface area contributed by atoms with E-state index < -0.39 is 0 Å². The van der Waals surface area contributed by atoms with E-state index in [-0.39, 0.29) is 24.6 Å². The Kier molecular flexibility index (Phi) is 5.42. The standard InChI is InChI=1S/C23H23N3O3/c1-3-6-18-9-4-7-16(2)26(18)23(27)20-14-29-22(25-20)15-28-21-10-5-8-17-13-24-12-11-19(17)21/h3-5,7-8,10-14,16,18H,1,6,9,15H2,2H3/t16-,18-/m1/s1. The third-order valence-electron chi connectivity index (χ3n) is 5.09. The van der Waals surface area contributed by atoms with Gasteiger partial charge in [-0.25, -0.2) is 4.98 Å². The lowest BCUT2D eigenvalue weighted by molar-refractivity contribution is 0.0616. The number of amides is 1. The van der Waals surface area contributed by atoms with Crippen molar-refractivity contribution in [1.29, 1.82) is 0 Å². The fourth-order valence-electron chi connectivity index (χ4n) is 3.69. The number of nitrogens with zero attached hydrogens (tertiary/aromatic N) is 3. The summed E-state index contributed by atoms with van der Waals surface area (Å²) in [5.74, 6) is 0.941. The summed E-state index contributed by atoms with van der Waals surface area (Å²) in [5, 5.41) is 1.96. The molecule has 148 valence electrons. The Balaban J connectivity index is 1.48. The van der Waals surface area contributed by atoms with Gasteiger partial charge in [-0.3, -0.25) is 9.78 Å². The van der Waals surface area contributed by atoms with Gasteiger partial charge in [-0.05, 0) is 31.9 Å². The molecule has 2 aromatic heterocycles. The summed E-state index contributed by atoms with van der Waals surface area (Å²) in [7, 11) is 0. The first-order valence-corrected chi connectivity index (χ1v) is 9.67. The molecule has 6 heteroatoms. The smallest absolute Gasteiger partial charge is 0.276 e. The van der Waals surface area contributed by atoms with Crippen LogP contribution in [0.2, 0.25) is 0 Å². The monoisotopic (exact) mass is 389 g/mol. The van der Waals surface area contributed by atoms with Crippen molar-refractivity contribution in [2.75, 3.05) is 0 Å². The molecule has 2 atom stereocenters. The molecule has 0 spiro atoms. The van der Waals surface area contributed by atoms with Crippen molar-refractivity contribution in [2.24, 2.45) is 0 Å². The second kappa shape index (κ2) is 8.31. The van der Waals surface area contributed by atoms with Crippen LogP contribution in [-0.4, -0.2) is 32.9 Å². The minimum atomic E-state index is -0.139. The zero-order valence-corrected chi connectivity index (χ0v) is 16.3. The number of carbonyl (C=O) groups is 1. The van der Waals surface area contributed by atoms with Gasteiger partial charge < -0.3 is 14.1 Å². The summed E-state index contributed by atoms with van der Waals surface area (Å²) in [6.45, 7) is 5.95. The molecule has 1 aliphatic rings. The van der Waals surface area contributed by atoms with Crippen molar-refractivity contribution in [3.05, 3.63) is 79.3 Å². The van der Waals surface area contributed by atoms with Gasteiger partial charge in [-0.15, -0.1) is 6.58 Å². The Labute approximate surface area is 169 Å². The van der Waals surface area contributed by atoms with E-state index in [1.807, 2.05) is 48.2 Å². The second-order valence-corrected chi connectivity index (χ2v) is 7.06. The van der Waals surface area contributed by atoms with Crippen LogP contribution in [0.1, 0.15) is 36.1 Å². The van der Waals surface area contributed by atoms with Gasteiger partial charge in [-0.2, -0.15) is 0 Å². The van der Waals surface area contributed by atoms with Crippen LogP contribution in [0.15, 0.2) is 72.1 Å². The van der Waals surface area contributed by atoms with E-state index in [4.69, 9.17) is 9.15 Å². The van der Waals surface area contributed by atoms with E-state index in [1.54, 1.807) is 12.4 Å². The highest BCUT2D eigenvalue weighted by atomic mass is 16.5. The molecule has 0 fully saturated rings. The lowest BCUT2D eigenvalue weighted by Gasteiger charge is -2.36. The average molecular weight is 389 g/mol. The Morgan fingerprint density at radius 2 is 2.31 bits per heavy atom. The van der Waals surface area contributed by atoms with Gasteiger partial charge in [-0.1, -0.05) is 30.4 Å². The zero-order valence-electron chi connectivity index (χ0n) is 16.3. The number of benzene rings is 1. The lowest BCUT2D eigenvalue weighted by atomic mass is 10.00. The van der Waals surface area contributed by atoms with Crippen molar-refractivity contribution in [3.8, 4) is 5.75 Å². The largest absolute Gasteiger partial charge is 0.483 e. The lowest BCUT2D eigenvalue weighted by Crippen LogP contribution is -2.47. The predicted molar refractivity (Wildman–Crippen MR) is 111 cm³/mol. The summed E-state index contributed by atoms with van der Waals surface area (Å²) in [5.41, 5.74) is 0.293. The fraction of sp³-hybridized carbons (Fsp3) is 0.261. The molecule has 4 rings (SSSR count). The van der Waals surface area contributed by atoms with Crippen molar-refractivity contribution in [1.82, 2.24) is 14.9 Å². The second-order valence-electron chi connectivity index (χ2n) is 7.06. The SMILES string of the molecule is C=CC[C@@H]1CC=C[C@@H](C)N1C(=O)c1coc(COc2cccc3cnccc23)n1. The normalized spacial score (nSPS) is 18.7. The van der Waals surface area contributed by atoms with Crippen molar-refractivity contribution >= 4 is 16.7 Å². The van der Waals surface area contributed by atoms with Crippen LogP contribution in [0.4, 0.5) is 0 Å². The van der Waals surface area contributed by atoms with Crippen LogP contribution in [0, 0.1) is 0 Å². The molecule has 0 bridgehead atoms. The number of carbonyl (C=O) groups excluding carboxylic acids is 1. The molecular formula is C23H23N3O3. The molecule has 1 aromatic carbocycles. The van der Waals surface area contributed by atoms with E-state index in [0.29, 0.717) is 11.6 Å². The van der Waals surface area contributed by atoms with E-state index in [0.717, 1.165) is 29.4 Å². The number of rotatable bonds is 6. The van der Waals surface area contributed by atoms with Gasteiger partial charge in [0.25, 0.3) is 5.91 Å². The molecule has 0 radical (unpaired) electrons.